The molecule has 0 heterocycles. The molecule has 1 N–H and O–H groups in total. The molecule has 0 saturated heterocycles. The fraction of sp³-hybridized carbons (Fsp3) is 1.00. The van der Waals surface area contributed by atoms with Gasteiger partial charge in [-0.1, -0.05) is 39.5 Å². The fourth-order valence-corrected chi connectivity index (χ4v) is 2.71. The first-order valence-electron chi connectivity index (χ1n) is 6.31. The van der Waals surface area contributed by atoms with Crippen LogP contribution in [0.4, 0.5) is 0 Å². The predicted molar refractivity (Wildman–Crippen MR) is 63.5 cm³/mol. The molecule has 1 rings (SSSR count). The average Bonchev–Trinajstić information content (AvgIpc) is 2.43. The molecular weight excluding hydrogens is 170 g/mol. The molecule has 0 amide bonds. The Hall–Kier alpha value is -0.0400. The summed E-state index contributed by atoms with van der Waals surface area (Å²) in [6.07, 6.45) is 10.1. The maximum atomic E-state index is 3.28. The van der Waals surface area contributed by atoms with E-state index < -0.39 is 0 Å². The lowest BCUT2D eigenvalue weighted by Gasteiger charge is -2.34. The van der Waals surface area contributed by atoms with E-state index in [9.17, 15) is 0 Å². The SMILES string of the molecule is CNCCC(C)(C)C1CCCCCC1. The van der Waals surface area contributed by atoms with Crippen molar-refractivity contribution in [1.29, 1.82) is 0 Å². The molecule has 0 aromatic heterocycles. The van der Waals surface area contributed by atoms with Gasteiger partial charge in [0, 0.05) is 0 Å². The second-order valence-electron chi connectivity index (χ2n) is 5.53. The Morgan fingerprint density at radius 3 is 2.14 bits per heavy atom. The van der Waals surface area contributed by atoms with Crippen LogP contribution in [-0.2, 0) is 0 Å². The summed E-state index contributed by atoms with van der Waals surface area (Å²) >= 11 is 0. The lowest BCUT2D eigenvalue weighted by molar-refractivity contribution is 0.174. The molecule has 0 spiro atoms. The minimum atomic E-state index is 0.549. The molecule has 14 heavy (non-hydrogen) atoms. The van der Waals surface area contributed by atoms with Crippen LogP contribution in [0.2, 0.25) is 0 Å². The molecule has 0 aromatic carbocycles. The van der Waals surface area contributed by atoms with Crippen molar-refractivity contribution in [3.63, 3.8) is 0 Å². The van der Waals surface area contributed by atoms with Crippen LogP contribution >= 0.6 is 0 Å². The monoisotopic (exact) mass is 197 g/mol. The number of hydrogen-bond acceptors (Lipinski definition) is 1. The molecule has 1 aliphatic rings. The largest absolute Gasteiger partial charge is 0.320 e. The highest BCUT2D eigenvalue weighted by atomic mass is 14.8. The molecule has 1 fully saturated rings. The van der Waals surface area contributed by atoms with Crippen LogP contribution < -0.4 is 5.32 Å². The highest BCUT2D eigenvalue weighted by Gasteiger charge is 2.28. The van der Waals surface area contributed by atoms with E-state index in [4.69, 9.17) is 0 Å². The van der Waals surface area contributed by atoms with E-state index in [2.05, 4.69) is 26.2 Å². The van der Waals surface area contributed by atoms with Crippen LogP contribution in [0.5, 0.6) is 0 Å². The van der Waals surface area contributed by atoms with Gasteiger partial charge in [-0.25, -0.2) is 0 Å². The van der Waals surface area contributed by atoms with E-state index in [1.807, 2.05) is 0 Å². The van der Waals surface area contributed by atoms with Crippen LogP contribution in [0, 0.1) is 11.3 Å². The van der Waals surface area contributed by atoms with Gasteiger partial charge in [-0.05, 0) is 44.2 Å². The van der Waals surface area contributed by atoms with Crippen molar-refractivity contribution < 1.29 is 0 Å². The van der Waals surface area contributed by atoms with E-state index in [-0.39, 0.29) is 0 Å². The first kappa shape index (κ1) is 12.0. The zero-order valence-electron chi connectivity index (χ0n) is 10.2. The molecular formula is C13H27N. The summed E-state index contributed by atoms with van der Waals surface area (Å²) in [5, 5.41) is 3.28. The summed E-state index contributed by atoms with van der Waals surface area (Å²) in [5.74, 6) is 0.971. The van der Waals surface area contributed by atoms with Crippen LogP contribution in [0.1, 0.15) is 58.8 Å². The van der Waals surface area contributed by atoms with Gasteiger partial charge in [-0.2, -0.15) is 0 Å². The van der Waals surface area contributed by atoms with Crippen molar-refractivity contribution >= 4 is 0 Å². The molecule has 1 nitrogen and oxygen atoms in total. The van der Waals surface area contributed by atoms with Crippen LogP contribution in [0.15, 0.2) is 0 Å². The van der Waals surface area contributed by atoms with Crippen molar-refractivity contribution in [2.45, 2.75) is 58.8 Å². The van der Waals surface area contributed by atoms with E-state index in [0.717, 1.165) is 5.92 Å². The lowest BCUT2D eigenvalue weighted by atomic mass is 9.72. The standard InChI is InChI=1S/C13H27N/c1-13(2,10-11-14-3)12-8-6-4-5-7-9-12/h12,14H,4-11H2,1-3H3. The Morgan fingerprint density at radius 2 is 1.64 bits per heavy atom. The molecule has 0 atom stereocenters. The fourth-order valence-electron chi connectivity index (χ4n) is 2.71. The van der Waals surface area contributed by atoms with E-state index in [1.54, 1.807) is 0 Å². The van der Waals surface area contributed by atoms with Crippen molar-refractivity contribution in [2.24, 2.45) is 11.3 Å². The Bertz CT molecular complexity index is 143. The zero-order chi connectivity index (χ0) is 10.4. The summed E-state index contributed by atoms with van der Waals surface area (Å²) < 4.78 is 0. The Balaban J connectivity index is 2.41. The summed E-state index contributed by atoms with van der Waals surface area (Å²) in [7, 11) is 2.06. The first-order valence-corrected chi connectivity index (χ1v) is 6.31. The molecule has 0 bridgehead atoms. The van der Waals surface area contributed by atoms with Crippen molar-refractivity contribution in [3.05, 3.63) is 0 Å². The smallest absolute Gasteiger partial charge is 0.00467 e. The van der Waals surface area contributed by atoms with Crippen LogP contribution in [-0.4, -0.2) is 13.6 Å². The van der Waals surface area contributed by atoms with Crippen molar-refractivity contribution in [1.82, 2.24) is 5.32 Å². The normalized spacial score (nSPS) is 20.8. The van der Waals surface area contributed by atoms with E-state index in [1.165, 1.54) is 51.5 Å². The Morgan fingerprint density at radius 1 is 1.07 bits per heavy atom. The molecule has 1 aliphatic carbocycles. The molecule has 1 heteroatoms. The van der Waals surface area contributed by atoms with Gasteiger partial charge < -0.3 is 5.32 Å². The molecule has 1 saturated carbocycles. The molecule has 0 radical (unpaired) electrons. The molecule has 84 valence electrons. The third-order valence-electron chi connectivity index (χ3n) is 3.98. The van der Waals surface area contributed by atoms with Crippen molar-refractivity contribution in [2.75, 3.05) is 13.6 Å². The third kappa shape index (κ3) is 3.61. The maximum absolute atomic E-state index is 3.28. The lowest BCUT2D eigenvalue weighted by Crippen LogP contribution is -2.27. The molecule has 0 aliphatic heterocycles. The quantitative estimate of drug-likeness (QED) is 0.679. The highest BCUT2D eigenvalue weighted by molar-refractivity contribution is 4.80. The summed E-state index contributed by atoms with van der Waals surface area (Å²) in [6.45, 7) is 6.09. The number of rotatable bonds is 4. The minimum absolute atomic E-state index is 0.549. The van der Waals surface area contributed by atoms with E-state index in [0.29, 0.717) is 5.41 Å². The third-order valence-corrected chi connectivity index (χ3v) is 3.98. The Kier molecular flexibility index (Phi) is 4.94. The highest BCUT2D eigenvalue weighted by Crippen LogP contribution is 2.39. The van der Waals surface area contributed by atoms with Gasteiger partial charge in [0.2, 0.25) is 0 Å². The average molecular weight is 197 g/mol. The number of nitrogens with one attached hydrogen (secondary N) is 1. The second kappa shape index (κ2) is 5.75. The molecule has 0 unspecified atom stereocenters. The summed E-state index contributed by atoms with van der Waals surface area (Å²) in [5.41, 5.74) is 0.549. The van der Waals surface area contributed by atoms with Gasteiger partial charge in [-0.3, -0.25) is 0 Å². The summed E-state index contributed by atoms with van der Waals surface area (Å²) in [4.78, 5) is 0. The van der Waals surface area contributed by atoms with Crippen molar-refractivity contribution in [3.8, 4) is 0 Å². The second-order valence-corrected chi connectivity index (χ2v) is 5.53. The van der Waals surface area contributed by atoms with Crippen LogP contribution in [0.3, 0.4) is 0 Å². The van der Waals surface area contributed by atoms with Gasteiger partial charge in [0.15, 0.2) is 0 Å². The van der Waals surface area contributed by atoms with Gasteiger partial charge in [0.05, 0.1) is 0 Å². The number of hydrogen-bond donors (Lipinski definition) is 1. The van der Waals surface area contributed by atoms with Crippen LogP contribution in [0.25, 0.3) is 0 Å². The summed E-state index contributed by atoms with van der Waals surface area (Å²) in [6, 6.07) is 0. The Labute approximate surface area is 89.7 Å². The van der Waals surface area contributed by atoms with Gasteiger partial charge in [-0.15, -0.1) is 0 Å². The van der Waals surface area contributed by atoms with E-state index >= 15 is 0 Å². The first-order chi connectivity index (χ1) is 6.67. The zero-order valence-corrected chi connectivity index (χ0v) is 10.2. The van der Waals surface area contributed by atoms with Gasteiger partial charge in [0.25, 0.3) is 0 Å². The van der Waals surface area contributed by atoms with Gasteiger partial charge >= 0.3 is 0 Å². The maximum Gasteiger partial charge on any atom is -0.00467 e. The minimum Gasteiger partial charge on any atom is -0.320 e. The topological polar surface area (TPSA) is 12.0 Å². The van der Waals surface area contributed by atoms with Gasteiger partial charge in [0.1, 0.15) is 0 Å². The predicted octanol–water partition coefficient (Wildman–Crippen LogP) is 3.59. The molecule has 0 aromatic rings.